The Morgan fingerprint density at radius 2 is 2.04 bits per heavy atom. The molecule has 28 heavy (non-hydrogen) atoms. The number of hydrogen-bond donors (Lipinski definition) is 1. The number of nitrogens with one attached hydrogen (secondary N) is 1. The normalized spacial score (nSPS) is 12.1. The molecule has 1 unspecified atom stereocenters. The molecule has 7 heteroatoms. The zero-order valence-electron chi connectivity index (χ0n) is 17.2. The Morgan fingerprint density at radius 3 is 2.68 bits per heavy atom. The Labute approximate surface area is 164 Å². The third kappa shape index (κ3) is 4.08. The molecule has 0 bridgehead atoms. The topological polar surface area (TPSA) is 82.2 Å². The summed E-state index contributed by atoms with van der Waals surface area (Å²) in [7, 11) is 1.86. The van der Waals surface area contributed by atoms with E-state index in [1.54, 1.807) is 11.6 Å². The van der Waals surface area contributed by atoms with Crippen LogP contribution in [0.1, 0.15) is 57.2 Å². The molecule has 2 aromatic heterocycles. The van der Waals surface area contributed by atoms with Gasteiger partial charge in [-0.25, -0.2) is 0 Å². The summed E-state index contributed by atoms with van der Waals surface area (Å²) in [5, 5.41) is 11.2. The average Bonchev–Trinajstić information content (AvgIpc) is 3.16. The van der Waals surface area contributed by atoms with Crippen LogP contribution in [-0.4, -0.2) is 20.8 Å². The van der Waals surface area contributed by atoms with Gasteiger partial charge in [0.1, 0.15) is 18.1 Å². The highest BCUT2D eigenvalue weighted by molar-refractivity contribution is 5.94. The van der Waals surface area contributed by atoms with Crippen LogP contribution in [-0.2, 0) is 13.7 Å². The minimum atomic E-state index is -0.299. The van der Waals surface area contributed by atoms with E-state index in [4.69, 9.17) is 9.26 Å². The molecule has 7 nitrogen and oxygen atoms in total. The van der Waals surface area contributed by atoms with Gasteiger partial charge in [0.05, 0.1) is 17.3 Å². The maximum absolute atomic E-state index is 12.8. The molecule has 1 atom stereocenters. The second kappa shape index (κ2) is 7.88. The number of aryl methyl sites for hydroxylation is 5. The molecule has 1 N–H and O–H groups in total. The van der Waals surface area contributed by atoms with Crippen molar-refractivity contribution >= 4 is 5.91 Å². The Kier molecular flexibility index (Phi) is 5.53. The van der Waals surface area contributed by atoms with Crippen LogP contribution in [0.2, 0.25) is 0 Å². The highest BCUT2D eigenvalue weighted by Gasteiger charge is 2.23. The Bertz CT molecular complexity index is 1000. The maximum Gasteiger partial charge on any atom is 0.274 e. The smallest absolute Gasteiger partial charge is 0.274 e. The van der Waals surface area contributed by atoms with Crippen molar-refractivity contribution in [1.82, 2.24) is 20.3 Å². The van der Waals surface area contributed by atoms with Crippen molar-refractivity contribution in [2.75, 3.05) is 0 Å². The van der Waals surface area contributed by atoms with Crippen molar-refractivity contribution in [3.8, 4) is 5.75 Å². The Morgan fingerprint density at radius 1 is 1.29 bits per heavy atom. The number of amides is 1. The van der Waals surface area contributed by atoms with Crippen LogP contribution in [0.15, 0.2) is 28.9 Å². The molecule has 1 amide bonds. The van der Waals surface area contributed by atoms with Crippen LogP contribution in [0.25, 0.3) is 0 Å². The van der Waals surface area contributed by atoms with Crippen LogP contribution >= 0.6 is 0 Å². The molecule has 0 aliphatic carbocycles. The summed E-state index contributed by atoms with van der Waals surface area (Å²) in [6.07, 6.45) is 1.90. The van der Waals surface area contributed by atoms with Gasteiger partial charge in [-0.3, -0.25) is 9.48 Å². The van der Waals surface area contributed by atoms with Crippen molar-refractivity contribution in [2.45, 2.75) is 47.3 Å². The van der Waals surface area contributed by atoms with Gasteiger partial charge in [0, 0.05) is 18.8 Å². The minimum Gasteiger partial charge on any atom is -0.488 e. The van der Waals surface area contributed by atoms with Gasteiger partial charge in [0.2, 0.25) is 0 Å². The van der Waals surface area contributed by atoms with E-state index in [9.17, 15) is 4.79 Å². The van der Waals surface area contributed by atoms with Gasteiger partial charge in [0.25, 0.3) is 5.91 Å². The summed E-state index contributed by atoms with van der Waals surface area (Å²) in [6, 6.07) is 5.78. The van der Waals surface area contributed by atoms with E-state index in [1.165, 1.54) is 5.56 Å². The highest BCUT2D eigenvalue weighted by Crippen LogP contribution is 2.23. The third-order valence-corrected chi connectivity index (χ3v) is 4.77. The molecule has 2 heterocycles. The van der Waals surface area contributed by atoms with Gasteiger partial charge in [-0.15, -0.1) is 0 Å². The van der Waals surface area contributed by atoms with Crippen molar-refractivity contribution < 1.29 is 14.1 Å². The van der Waals surface area contributed by atoms with Gasteiger partial charge in [-0.05, 0) is 46.2 Å². The van der Waals surface area contributed by atoms with E-state index in [-0.39, 0.29) is 24.2 Å². The monoisotopic (exact) mass is 382 g/mol. The quantitative estimate of drug-likeness (QED) is 0.703. The number of hydrogen-bond acceptors (Lipinski definition) is 5. The molecule has 0 aliphatic rings. The van der Waals surface area contributed by atoms with Crippen LogP contribution in [0.3, 0.4) is 0 Å². The third-order valence-electron chi connectivity index (χ3n) is 4.77. The molecule has 3 rings (SSSR count). The lowest BCUT2D eigenvalue weighted by atomic mass is 10.1. The van der Waals surface area contributed by atoms with Gasteiger partial charge in [-0.1, -0.05) is 22.9 Å². The summed E-state index contributed by atoms with van der Waals surface area (Å²) in [5.41, 5.74) is 4.95. The molecule has 148 valence electrons. The first-order valence-electron chi connectivity index (χ1n) is 9.22. The maximum atomic E-state index is 12.8. The predicted molar refractivity (Wildman–Crippen MR) is 105 cm³/mol. The molecule has 3 aromatic rings. The second-order valence-electron chi connectivity index (χ2n) is 7.16. The number of benzene rings is 1. The molecular weight excluding hydrogens is 356 g/mol. The summed E-state index contributed by atoms with van der Waals surface area (Å²) in [5.74, 6) is 1.05. The van der Waals surface area contributed by atoms with Crippen LogP contribution in [0.4, 0.5) is 0 Å². The van der Waals surface area contributed by atoms with Gasteiger partial charge < -0.3 is 14.6 Å². The largest absolute Gasteiger partial charge is 0.488 e. The van der Waals surface area contributed by atoms with E-state index in [2.05, 4.69) is 21.6 Å². The van der Waals surface area contributed by atoms with E-state index in [1.807, 2.05) is 53.1 Å². The van der Waals surface area contributed by atoms with Crippen LogP contribution < -0.4 is 10.1 Å². The Hall–Kier alpha value is -3.09. The van der Waals surface area contributed by atoms with Crippen LogP contribution in [0.5, 0.6) is 5.75 Å². The molecule has 0 saturated carbocycles. The minimum absolute atomic E-state index is 0.202. The predicted octanol–water partition coefficient (Wildman–Crippen LogP) is 3.71. The van der Waals surface area contributed by atoms with E-state index in [0.717, 1.165) is 22.6 Å². The lowest BCUT2D eigenvalue weighted by molar-refractivity contribution is 0.0928. The van der Waals surface area contributed by atoms with Crippen molar-refractivity contribution in [3.63, 3.8) is 0 Å². The summed E-state index contributed by atoms with van der Waals surface area (Å²) in [4.78, 5) is 12.8. The fraction of sp³-hybridized carbons (Fsp3) is 0.381. The number of carbonyl (C=O) groups is 1. The van der Waals surface area contributed by atoms with Crippen molar-refractivity contribution in [2.24, 2.45) is 7.05 Å². The first-order valence-corrected chi connectivity index (χ1v) is 9.22. The summed E-state index contributed by atoms with van der Waals surface area (Å²) >= 11 is 0. The zero-order chi connectivity index (χ0) is 20.4. The lowest BCUT2D eigenvalue weighted by Gasteiger charge is -2.13. The number of nitrogens with zero attached hydrogens (tertiary/aromatic N) is 3. The first-order chi connectivity index (χ1) is 13.3. The standard InChI is InChI=1S/C21H26N4O3/c1-12-7-8-19(13(2)9-12)27-11-18-16(5)28-24-20(18)21(26)22-14(3)17-10-25(6)23-15(17)4/h7-10,14H,11H2,1-6H3,(H,22,26). The second-order valence-corrected chi connectivity index (χ2v) is 7.16. The number of aromatic nitrogens is 3. The van der Waals surface area contributed by atoms with E-state index < -0.39 is 0 Å². The first kappa shape index (κ1) is 19.7. The number of ether oxygens (including phenoxy) is 1. The van der Waals surface area contributed by atoms with E-state index >= 15 is 0 Å². The molecular formula is C21H26N4O3. The molecule has 0 spiro atoms. The average molecular weight is 382 g/mol. The SMILES string of the molecule is Cc1ccc(OCc2c(C(=O)NC(C)c3cn(C)nc3C)noc2C)c(C)c1. The molecule has 0 aliphatic heterocycles. The molecule has 1 aromatic carbocycles. The lowest BCUT2D eigenvalue weighted by Crippen LogP contribution is -2.28. The summed E-state index contributed by atoms with van der Waals surface area (Å²) < 4.78 is 12.9. The number of carbonyl (C=O) groups excluding carboxylic acids is 1. The Balaban J connectivity index is 1.74. The summed E-state index contributed by atoms with van der Waals surface area (Å²) in [6.45, 7) is 9.85. The molecule has 0 saturated heterocycles. The number of rotatable bonds is 6. The van der Waals surface area contributed by atoms with Crippen molar-refractivity contribution in [3.05, 3.63) is 63.8 Å². The zero-order valence-corrected chi connectivity index (χ0v) is 17.2. The fourth-order valence-electron chi connectivity index (χ4n) is 3.24. The van der Waals surface area contributed by atoms with Gasteiger partial charge in [0.15, 0.2) is 5.69 Å². The van der Waals surface area contributed by atoms with Gasteiger partial charge >= 0.3 is 0 Å². The highest BCUT2D eigenvalue weighted by atomic mass is 16.5. The molecule has 0 fully saturated rings. The van der Waals surface area contributed by atoms with E-state index in [0.29, 0.717) is 11.3 Å². The fourth-order valence-corrected chi connectivity index (χ4v) is 3.24. The molecule has 0 radical (unpaired) electrons. The van der Waals surface area contributed by atoms with Crippen LogP contribution in [0, 0.1) is 27.7 Å². The van der Waals surface area contributed by atoms with Gasteiger partial charge in [-0.2, -0.15) is 5.10 Å². The van der Waals surface area contributed by atoms with Crippen molar-refractivity contribution in [1.29, 1.82) is 0 Å².